The molecule has 0 radical (unpaired) electrons. The number of carboxylic acid groups (broad SMARTS) is 1. The Bertz CT molecular complexity index is 1170. The second-order valence-corrected chi connectivity index (χ2v) is 10.2. The minimum absolute atomic E-state index is 0.213. The van der Waals surface area contributed by atoms with E-state index in [2.05, 4.69) is 82.8 Å². The van der Waals surface area contributed by atoms with Gasteiger partial charge < -0.3 is 16.2 Å². The van der Waals surface area contributed by atoms with Crippen LogP contribution >= 0.6 is 9.24 Å². The van der Waals surface area contributed by atoms with Crippen LogP contribution in [0.3, 0.4) is 0 Å². The predicted molar refractivity (Wildman–Crippen MR) is 157 cm³/mol. The van der Waals surface area contributed by atoms with Crippen LogP contribution in [0.25, 0.3) is 16.7 Å². The molecule has 0 saturated carbocycles. The fourth-order valence-electron chi connectivity index (χ4n) is 4.16. The van der Waals surface area contributed by atoms with E-state index >= 15 is 0 Å². The molecule has 0 saturated heterocycles. The van der Waals surface area contributed by atoms with Crippen molar-refractivity contribution in [2.75, 3.05) is 11.9 Å². The lowest BCUT2D eigenvalue weighted by molar-refractivity contribution is 0.0698. The van der Waals surface area contributed by atoms with Crippen molar-refractivity contribution in [2.45, 2.75) is 59.5 Å². The minimum Gasteiger partial charge on any atom is -0.478 e. The number of allylic oxidation sites excluding steroid dienone is 2. The van der Waals surface area contributed by atoms with E-state index in [1.807, 2.05) is 13.8 Å². The van der Waals surface area contributed by atoms with Gasteiger partial charge in [-0.1, -0.05) is 69.7 Å². The van der Waals surface area contributed by atoms with Gasteiger partial charge in [-0.2, -0.15) is 0 Å². The fraction of sp³-hybridized carbons (Fsp3) is 0.333. The first-order valence-electron chi connectivity index (χ1n) is 12.5. The van der Waals surface area contributed by atoms with Crippen molar-refractivity contribution in [1.29, 1.82) is 0 Å². The molecule has 2 aromatic carbocycles. The Morgan fingerprint density at radius 2 is 1.81 bits per heavy atom. The summed E-state index contributed by atoms with van der Waals surface area (Å²) in [5.74, 6) is -0.970. The lowest BCUT2D eigenvalue weighted by Crippen LogP contribution is -2.07. The zero-order valence-corrected chi connectivity index (χ0v) is 23.3. The number of nitrogens with two attached hydrogens (primary N) is 1. The standard InChI is InChI=1S/C28H33N2O2P.C2H7N/c1-5-6-25(20(4)30-27-17-29-14-13-26(27)28(31)32)23-10-8-22(9-11-23)24-12-7-21(15-18(24)2)16-19(3)33;1-2-3/h7-15,17,19,30H,5-6,16,33H2,1-4H3,(H,31,32);2-3H2,1H3/b25-20+;. The van der Waals surface area contributed by atoms with Crippen LogP contribution in [0.4, 0.5) is 5.69 Å². The highest BCUT2D eigenvalue weighted by Crippen LogP contribution is 2.30. The largest absolute Gasteiger partial charge is 0.478 e. The smallest absolute Gasteiger partial charge is 0.337 e. The van der Waals surface area contributed by atoms with Crippen LogP contribution in [0.15, 0.2) is 66.6 Å². The quantitative estimate of drug-likeness (QED) is 0.268. The Morgan fingerprint density at radius 1 is 1.14 bits per heavy atom. The number of rotatable bonds is 9. The first-order valence-corrected chi connectivity index (χ1v) is 13.2. The summed E-state index contributed by atoms with van der Waals surface area (Å²) in [7, 11) is 2.86. The van der Waals surface area contributed by atoms with Crippen molar-refractivity contribution in [3.05, 3.63) is 88.9 Å². The molecule has 0 aliphatic heterocycles. The molecule has 1 aromatic heterocycles. The molecule has 36 heavy (non-hydrogen) atoms. The van der Waals surface area contributed by atoms with E-state index in [4.69, 9.17) is 5.73 Å². The van der Waals surface area contributed by atoms with Crippen LogP contribution in [0.5, 0.6) is 0 Å². The van der Waals surface area contributed by atoms with Gasteiger partial charge >= 0.3 is 5.97 Å². The minimum atomic E-state index is -0.970. The van der Waals surface area contributed by atoms with E-state index in [0.717, 1.165) is 37.1 Å². The second kappa shape index (κ2) is 14.5. The number of nitrogens with one attached hydrogen (secondary N) is 1. The number of benzene rings is 2. The average Bonchev–Trinajstić information content (AvgIpc) is 2.83. The number of nitrogens with zero attached hydrogens (tertiary/aromatic N) is 1. The first kappa shape index (κ1) is 29.2. The summed E-state index contributed by atoms with van der Waals surface area (Å²) >= 11 is 0. The first-order chi connectivity index (χ1) is 17.2. The van der Waals surface area contributed by atoms with Crippen molar-refractivity contribution in [3.63, 3.8) is 0 Å². The van der Waals surface area contributed by atoms with Crippen molar-refractivity contribution < 1.29 is 9.90 Å². The van der Waals surface area contributed by atoms with Gasteiger partial charge in [-0.15, -0.1) is 9.24 Å². The van der Waals surface area contributed by atoms with E-state index < -0.39 is 5.97 Å². The molecule has 0 aliphatic carbocycles. The van der Waals surface area contributed by atoms with Gasteiger partial charge in [0.2, 0.25) is 0 Å². The Hall–Kier alpha value is -3.01. The Balaban J connectivity index is 0.00000145. The molecule has 0 amide bonds. The molecule has 4 N–H and O–H groups in total. The van der Waals surface area contributed by atoms with Gasteiger partial charge in [0.25, 0.3) is 0 Å². The number of carboxylic acids is 1. The number of aromatic carboxylic acids is 1. The summed E-state index contributed by atoms with van der Waals surface area (Å²) in [6.45, 7) is 11.2. The van der Waals surface area contributed by atoms with Gasteiger partial charge in [-0.25, -0.2) is 4.79 Å². The summed E-state index contributed by atoms with van der Waals surface area (Å²) < 4.78 is 0. The van der Waals surface area contributed by atoms with Crippen LogP contribution in [0.1, 0.15) is 67.6 Å². The number of pyridine rings is 1. The SMILES string of the molecule is CCC/C(=C(/C)Nc1cnccc1C(=O)O)c1ccc(-c2ccc(CC(C)P)cc2C)cc1.CCN. The van der Waals surface area contributed by atoms with Crippen LogP contribution in [-0.4, -0.2) is 28.3 Å². The van der Waals surface area contributed by atoms with Crippen LogP contribution in [-0.2, 0) is 6.42 Å². The Morgan fingerprint density at radius 3 is 2.36 bits per heavy atom. The molecule has 1 heterocycles. The summed E-state index contributed by atoms with van der Waals surface area (Å²) in [5.41, 5.74) is 14.5. The highest BCUT2D eigenvalue weighted by Gasteiger charge is 2.13. The molecule has 0 fully saturated rings. The van der Waals surface area contributed by atoms with Gasteiger partial charge in [0.15, 0.2) is 0 Å². The average molecular weight is 506 g/mol. The lowest BCUT2D eigenvalue weighted by atomic mass is 9.94. The zero-order chi connectivity index (χ0) is 26.7. The van der Waals surface area contributed by atoms with Crippen LogP contribution in [0, 0.1) is 6.92 Å². The summed E-state index contributed by atoms with van der Waals surface area (Å²) in [6.07, 6.45) is 5.99. The summed E-state index contributed by atoms with van der Waals surface area (Å²) in [6, 6.07) is 16.9. The summed E-state index contributed by atoms with van der Waals surface area (Å²) in [5, 5.41) is 12.8. The monoisotopic (exact) mass is 505 g/mol. The van der Waals surface area contributed by atoms with Crippen molar-refractivity contribution in [1.82, 2.24) is 4.98 Å². The molecule has 2 unspecified atom stereocenters. The lowest BCUT2D eigenvalue weighted by Gasteiger charge is -2.16. The molecule has 2 atom stereocenters. The third-order valence-corrected chi connectivity index (χ3v) is 5.95. The number of carbonyl (C=O) groups is 1. The third kappa shape index (κ3) is 8.29. The molecule has 5 nitrogen and oxygen atoms in total. The van der Waals surface area contributed by atoms with Gasteiger partial charge in [0, 0.05) is 11.9 Å². The molecular weight excluding hydrogens is 465 g/mol. The van der Waals surface area contributed by atoms with E-state index in [-0.39, 0.29) is 5.56 Å². The number of aryl methyl sites for hydroxylation is 1. The molecule has 0 aliphatic rings. The fourth-order valence-corrected chi connectivity index (χ4v) is 4.43. The zero-order valence-electron chi connectivity index (χ0n) is 22.1. The number of hydrogen-bond donors (Lipinski definition) is 3. The molecule has 0 spiro atoms. The van der Waals surface area contributed by atoms with Crippen LogP contribution < -0.4 is 11.1 Å². The van der Waals surface area contributed by atoms with Crippen molar-refractivity contribution >= 4 is 26.5 Å². The molecule has 0 bridgehead atoms. The van der Waals surface area contributed by atoms with Gasteiger partial charge in [0.05, 0.1) is 17.4 Å². The molecular formula is C30H40N3O2P. The molecule has 6 heteroatoms. The van der Waals surface area contributed by atoms with Crippen LogP contribution in [0.2, 0.25) is 0 Å². The maximum atomic E-state index is 11.6. The highest BCUT2D eigenvalue weighted by molar-refractivity contribution is 7.17. The summed E-state index contributed by atoms with van der Waals surface area (Å²) in [4.78, 5) is 15.6. The number of aromatic nitrogens is 1. The van der Waals surface area contributed by atoms with Gasteiger partial charge in [0.1, 0.15) is 0 Å². The molecule has 192 valence electrons. The predicted octanol–water partition coefficient (Wildman–Crippen LogP) is 7.17. The van der Waals surface area contributed by atoms with E-state index in [0.29, 0.717) is 11.3 Å². The Kier molecular flexibility index (Phi) is 11.8. The maximum Gasteiger partial charge on any atom is 0.337 e. The maximum absolute atomic E-state index is 11.6. The molecule has 3 aromatic rings. The van der Waals surface area contributed by atoms with E-state index in [1.54, 1.807) is 6.20 Å². The normalized spacial score (nSPS) is 12.2. The number of hydrogen-bond acceptors (Lipinski definition) is 4. The van der Waals surface area contributed by atoms with Crippen molar-refractivity contribution in [2.24, 2.45) is 5.73 Å². The van der Waals surface area contributed by atoms with Gasteiger partial charge in [-0.3, -0.25) is 4.98 Å². The van der Waals surface area contributed by atoms with E-state index in [1.165, 1.54) is 40.1 Å². The molecule has 3 rings (SSSR count). The number of anilines is 1. The second-order valence-electron chi connectivity index (χ2n) is 9.02. The van der Waals surface area contributed by atoms with E-state index in [9.17, 15) is 9.90 Å². The topological polar surface area (TPSA) is 88.2 Å². The van der Waals surface area contributed by atoms with Gasteiger partial charge in [-0.05, 0) is 78.3 Å². The third-order valence-electron chi connectivity index (χ3n) is 5.72. The Labute approximate surface area is 218 Å². The van der Waals surface area contributed by atoms with Crippen molar-refractivity contribution in [3.8, 4) is 11.1 Å². The highest BCUT2D eigenvalue weighted by atomic mass is 31.0.